The minimum atomic E-state index is -0.451. The number of ether oxygens (including phenoxy) is 1. The summed E-state index contributed by atoms with van der Waals surface area (Å²) in [6.07, 6.45) is 2.75. The Kier molecular flexibility index (Phi) is 3.49. The Bertz CT molecular complexity index is 656. The molecule has 122 valence electrons. The Morgan fingerprint density at radius 3 is 2.87 bits per heavy atom. The van der Waals surface area contributed by atoms with Crippen molar-refractivity contribution < 1.29 is 19.4 Å². The van der Waals surface area contributed by atoms with Crippen molar-refractivity contribution in [1.29, 1.82) is 0 Å². The van der Waals surface area contributed by atoms with Gasteiger partial charge in [-0.1, -0.05) is 0 Å². The van der Waals surface area contributed by atoms with E-state index in [4.69, 9.17) is 4.74 Å². The van der Waals surface area contributed by atoms with E-state index in [0.29, 0.717) is 36.0 Å². The fraction of sp³-hybridized carbons (Fsp3) is 0.529. The van der Waals surface area contributed by atoms with Crippen molar-refractivity contribution in [2.75, 3.05) is 18.4 Å². The van der Waals surface area contributed by atoms with Crippen molar-refractivity contribution >= 4 is 17.5 Å². The monoisotopic (exact) mass is 316 g/mol. The molecule has 0 aromatic heterocycles. The molecule has 1 aromatic rings. The molecule has 0 bridgehead atoms. The topological polar surface area (TPSA) is 78.9 Å². The molecule has 4 rings (SSSR count). The fourth-order valence-corrected chi connectivity index (χ4v) is 3.29. The molecular weight excluding hydrogens is 296 g/mol. The summed E-state index contributed by atoms with van der Waals surface area (Å²) in [5.74, 6) is 0.694. The molecule has 3 aliphatic rings. The smallest absolute Gasteiger partial charge is 0.265 e. The van der Waals surface area contributed by atoms with Crippen LogP contribution >= 0.6 is 0 Å². The van der Waals surface area contributed by atoms with Crippen molar-refractivity contribution in [1.82, 2.24) is 4.90 Å². The number of nitrogens with one attached hydrogen (secondary N) is 1. The second-order valence-electron chi connectivity index (χ2n) is 6.62. The van der Waals surface area contributed by atoms with E-state index in [1.807, 2.05) is 0 Å². The minimum absolute atomic E-state index is 0.120. The van der Waals surface area contributed by atoms with Crippen molar-refractivity contribution in [3.05, 3.63) is 23.8 Å². The number of carbonyl (C=O) groups excluding carboxylic acids is 2. The lowest BCUT2D eigenvalue weighted by Gasteiger charge is -2.31. The number of β-amino-alcohol motifs (C(OH)–C–C–N with tert-alkyl or cyclic N) is 1. The van der Waals surface area contributed by atoms with Crippen LogP contribution in [0, 0.1) is 5.92 Å². The van der Waals surface area contributed by atoms with Gasteiger partial charge in [0, 0.05) is 24.6 Å². The van der Waals surface area contributed by atoms with Gasteiger partial charge in [0.15, 0.2) is 6.10 Å². The van der Waals surface area contributed by atoms with Crippen molar-refractivity contribution in [3.8, 4) is 5.75 Å². The van der Waals surface area contributed by atoms with E-state index in [1.165, 1.54) is 0 Å². The van der Waals surface area contributed by atoms with E-state index < -0.39 is 12.2 Å². The third-order valence-corrected chi connectivity index (χ3v) is 4.73. The third-order valence-electron chi connectivity index (χ3n) is 4.73. The molecule has 1 aromatic carbocycles. The Hall–Kier alpha value is -2.08. The van der Waals surface area contributed by atoms with Gasteiger partial charge in [0.1, 0.15) is 5.75 Å². The molecule has 2 heterocycles. The Balaban J connectivity index is 1.54. The molecule has 2 N–H and O–H groups in total. The first-order chi connectivity index (χ1) is 11.1. The van der Waals surface area contributed by atoms with Crippen LogP contribution in [0.2, 0.25) is 0 Å². The van der Waals surface area contributed by atoms with Gasteiger partial charge in [-0.25, -0.2) is 0 Å². The number of fused-ring (bicyclic) bond motifs is 1. The van der Waals surface area contributed by atoms with E-state index in [2.05, 4.69) is 5.32 Å². The first-order valence-electron chi connectivity index (χ1n) is 8.21. The first-order valence-corrected chi connectivity index (χ1v) is 8.21. The second kappa shape index (κ2) is 5.53. The van der Waals surface area contributed by atoms with Gasteiger partial charge >= 0.3 is 0 Å². The molecule has 2 atom stereocenters. The molecule has 23 heavy (non-hydrogen) atoms. The first kappa shape index (κ1) is 14.5. The van der Waals surface area contributed by atoms with Gasteiger partial charge in [0.25, 0.3) is 11.8 Å². The summed E-state index contributed by atoms with van der Waals surface area (Å²) >= 11 is 0. The number of piperidine rings is 1. The summed E-state index contributed by atoms with van der Waals surface area (Å²) in [6, 6.07) is 5.14. The zero-order valence-corrected chi connectivity index (χ0v) is 12.8. The predicted molar refractivity (Wildman–Crippen MR) is 83.4 cm³/mol. The highest BCUT2D eigenvalue weighted by molar-refractivity contribution is 6.01. The molecule has 6 nitrogen and oxygen atoms in total. The Morgan fingerprint density at radius 1 is 1.30 bits per heavy atom. The molecular formula is C17H20N2O4. The van der Waals surface area contributed by atoms with Crippen molar-refractivity contribution in [3.63, 3.8) is 0 Å². The maximum Gasteiger partial charge on any atom is 0.265 e. The minimum Gasteiger partial charge on any atom is -0.478 e. The number of aliphatic hydroxyl groups is 1. The van der Waals surface area contributed by atoms with Crippen molar-refractivity contribution in [2.24, 2.45) is 5.92 Å². The molecule has 6 heteroatoms. The van der Waals surface area contributed by atoms with Crippen LogP contribution in [-0.2, 0) is 4.79 Å². The predicted octanol–water partition coefficient (Wildman–Crippen LogP) is 1.39. The molecule has 2 fully saturated rings. The number of rotatable bonds is 2. The zero-order valence-electron chi connectivity index (χ0n) is 12.8. The van der Waals surface area contributed by atoms with E-state index in [-0.39, 0.29) is 11.8 Å². The number of aliphatic hydroxyl groups excluding tert-OH is 1. The van der Waals surface area contributed by atoms with Crippen LogP contribution in [0.5, 0.6) is 5.75 Å². The molecule has 1 saturated heterocycles. The number of amides is 2. The number of hydrogen-bond acceptors (Lipinski definition) is 4. The largest absolute Gasteiger partial charge is 0.478 e. The molecule has 2 amide bonds. The standard InChI is InChI=1S/C17H20N2O4/c20-12-2-1-7-19(9-12)17(22)11-5-6-14-13(8-11)18-16(21)15(23-14)10-3-4-10/h5-6,8,10,12,15,20H,1-4,7,9H2,(H,18,21). The van der Waals surface area contributed by atoms with Gasteiger partial charge in [0.05, 0.1) is 11.8 Å². The van der Waals surface area contributed by atoms with Crippen LogP contribution in [0.1, 0.15) is 36.0 Å². The maximum atomic E-state index is 12.6. The maximum absolute atomic E-state index is 12.6. The van der Waals surface area contributed by atoms with Crippen LogP contribution < -0.4 is 10.1 Å². The van der Waals surface area contributed by atoms with Gasteiger partial charge in [0.2, 0.25) is 0 Å². The summed E-state index contributed by atoms with van der Waals surface area (Å²) in [6.45, 7) is 1.02. The lowest BCUT2D eigenvalue weighted by Crippen LogP contribution is -2.42. The highest BCUT2D eigenvalue weighted by Crippen LogP contribution is 2.40. The Morgan fingerprint density at radius 2 is 2.13 bits per heavy atom. The van der Waals surface area contributed by atoms with E-state index in [1.54, 1.807) is 23.1 Å². The third kappa shape index (κ3) is 2.79. The molecule has 2 unspecified atom stereocenters. The van der Waals surface area contributed by atoms with Gasteiger partial charge < -0.3 is 20.1 Å². The second-order valence-corrected chi connectivity index (χ2v) is 6.62. The number of carbonyl (C=O) groups is 2. The summed E-state index contributed by atoms with van der Waals surface area (Å²) < 4.78 is 5.79. The quantitative estimate of drug-likeness (QED) is 0.864. The van der Waals surface area contributed by atoms with Gasteiger partial charge in [-0.2, -0.15) is 0 Å². The van der Waals surface area contributed by atoms with Crippen LogP contribution in [0.15, 0.2) is 18.2 Å². The molecule has 2 aliphatic heterocycles. The molecule has 1 aliphatic carbocycles. The van der Waals surface area contributed by atoms with Gasteiger partial charge in [-0.15, -0.1) is 0 Å². The summed E-state index contributed by atoms with van der Waals surface area (Å²) in [5, 5.41) is 12.6. The summed E-state index contributed by atoms with van der Waals surface area (Å²) in [5.41, 5.74) is 1.06. The molecule has 1 saturated carbocycles. The normalized spacial score (nSPS) is 27.0. The van der Waals surface area contributed by atoms with E-state index in [0.717, 1.165) is 25.7 Å². The SMILES string of the molecule is O=C1Nc2cc(C(=O)N3CCCC(O)C3)ccc2OC1C1CC1. The zero-order chi connectivity index (χ0) is 16.0. The number of likely N-dealkylation sites (tertiary alicyclic amines) is 1. The van der Waals surface area contributed by atoms with Crippen molar-refractivity contribution in [2.45, 2.75) is 37.9 Å². The fourth-order valence-electron chi connectivity index (χ4n) is 3.29. The summed E-state index contributed by atoms with van der Waals surface area (Å²) in [7, 11) is 0. The number of hydrogen-bond donors (Lipinski definition) is 2. The number of nitrogens with zero attached hydrogens (tertiary/aromatic N) is 1. The average Bonchev–Trinajstić information content (AvgIpc) is 3.38. The highest BCUT2D eigenvalue weighted by Gasteiger charge is 2.41. The van der Waals surface area contributed by atoms with Crippen LogP contribution in [0.4, 0.5) is 5.69 Å². The Labute approximate surface area is 134 Å². The van der Waals surface area contributed by atoms with Crippen LogP contribution in [0.25, 0.3) is 0 Å². The van der Waals surface area contributed by atoms with E-state index >= 15 is 0 Å². The molecule has 0 spiro atoms. The van der Waals surface area contributed by atoms with Gasteiger partial charge in [-0.3, -0.25) is 9.59 Å². The van der Waals surface area contributed by atoms with E-state index in [9.17, 15) is 14.7 Å². The van der Waals surface area contributed by atoms with Gasteiger partial charge in [-0.05, 0) is 43.9 Å². The lowest BCUT2D eigenvalue weighted by molar-refractivity contribution is -0.124. The number of benzene rings is 1. The number of anilines is 1. The van der Waals surface area contributed by atoms with Crippen LogP contribution in [0.3, 0.4) is 0 Å². The van der Waals surface area contributed by atoms with Crippen LogP contribution in [-0.4, -0.2) is 47.1 Å². The lowest BCUT2D eigenvalue weighted by atomic mass is 10.1. The molecule has 0 radical (unpaired) electrons. The summed E-state index contributed by atoms with van der Waals surface area (Å²) in [4.78, 5) is 26.3. The highest BCUT2D eigenvalue weighted by atomic mass is 16.5. The average molecular weight is 316 g/mol.